The van der Waals surface area contributed by atoms with Crippen LogP contribution in [0.25, 0.3) is 76.1 Å². The van der Waals surface area contributed by atoms with Gasteiger partial charge in [-0.2, -0.15) is 0 Å². The number of fused-ring (bicyclic) bond motifs is 7. The van der Waals surface area contributed by atoms with Crippen LogP contribution in [0.1, 0.15) is 103 Å². The Kier molecular flexibility index (Phi) is 29.9. The summed E-state index contributed by atoms with van der Waals surface area (Å²) in [7, 11) is 0. The first-order chi connectivity index (χ1) is 57.9. The summed E-state index contributed by atoms with van der Waals surface area (Å²) >= 11 is -6.81. The first-order valence-electron chi connectivity index (χ1n) is 39.8. The zero-order valence-corrected chi connectivity index (χ0v) is 82.5. The monoisotopic (exact) mass is 1870 g/mol. The zero-order chi connectivity index (χ0) is 84.3. The van der Waals surface area contributed by atoms with Crippen LogP contribution in [-0.4, -0.2) is 116 Å². The third-order valence-corrected chi connectivity index (χ3v) is 27.2. The Morgan fingerprint density at radius 1 is 0.217 bits per heavy atom. The number of aromatic nitrogens is 5. The van der Waals surface area contributed by atoms with Gasteiger partial charge in [-0.25, -0.2) is 0 Å². The van der Waals surface area contributed by atoms with Crippen molar-refractivity contribution in [1.29, 1.82) is 0 Å². The molecule has 0 aliphatic heterocycles. The van der Waals surface area contributed by atoms with Crippen molar-refractivity contribution < 1.29 is 35.3 Å². The van der Waals surface area contributed by atoms with Crippen molar-refractivity contribution in [2.75, 3.05) is 0 Å². The van der Waals surface area contributed by atoms with E-state index in [0.29, 0.717) is 0 Å². The van der Waals surface area contributed by atoms with Crippen molar-refractivity contribution in [1.82, 2.24) is 24.9 Å². The molecule has 0 saturated heterocycles. The summed E-state index contributed by atoms with van der Waals surface area (Å²) in [5, 5.41) is 10.1. The van der Waals surface area contributed by atoms with Gasteiger partial charge >= 0.3 is 752 Å². The number of hydrogen-bond donors (Lipinski definition) is 0. The van der Waals surface area contributed by atoms with Crippen molar-refractivity contribution in [2.24, 2.45) is 0 Å². The molecular weight excluding hydrogens is 1780 g/mol. The van der Waals surface area contributed by atoms with E-state index in [1.54, 1.807) is 0 Å². The van der Waals surface area contributed by atoms with Gasteiger partial charge in [0.05, 0.1) is 0 Å². The van der Waals surface area contributed by atoms with Crippen molar-refractivity contribution in [3.63, 3.8) is 0 Å². The molecule has 0 atom stereocenters. The van der Waals surface area contributed by atoms with Crippen LogP contribution in [0.2, 0.25) is 0 Å². The first kappa shape index (κ1) is 87.2. The van der Waals surface area contributed by atoms with E-state index in [4.69, 9.17) is 35.3 Å². The van der Waals surface area contributed by atoms with Crippen LogP contribution in [0.3, 0.4) is 0 Å². The van der Waals surface area contributed by atoms with E-state index in [1.807, 2.05) is 217 Å². The standard InChI is InChI=1S/C14H22O.5C10H9NO.2C10H8O.2C8H10O.5Ga/c1-13(2,3)10-7-11(14(4,5)6)9-12(15)8-10;5*1-7-5-6-8-3-2-4-9(12)10(8)11-7;11-10-7-3-5-8-4-1-2-6-9(8)10;11-10-6-5-8-3-1-2-4-9(8)7-10;1-6-3-7(2)5-8(9)4-6;1-6-4-3-5-8(9)7(6)2;;;;;/h7-9,15H,1-6H3;5*2-6,12H,1H3;2*1-7,11H;2*3-5,9H,1-2H3;;;;;/q;;;;;;;;;;5*+2/p-10. The van der Waals surface area contributed by atoms with Crippen molar-refractivity contribution in [3.8, 4) is 57.5 Å². The number of hydrogen-bond acceptors (Lipinski definition) is 15. The minimum atomic E-state index is -1.42. The fourth-order valence-corrected chi connectivity index (χ4v) is 19.7. The summed E-state index contributed by atoms with van der Waals surface area (Å²) in [5.74, 6) is 8.50. The van der Waals surface area contributed by atoms with E-state index < -0.39 is 90.7 Å². The average molecular weight is 1870 g/mol. The molecule has 0 unspecified atom stereocenters. The van der Waals surface area contributed by atoms with Gasteiger partial charge in [-0.05, 0) is 0 Å². The Labute approximate surface area is 745 Å². The molecule has 0 aliphatic carbocycles. The van der Waals surface area contributed by atoms with Crippen LogP contribution in [-0.2, 0) is 10.8 Å². The summed E-state index contributed by atoms with van der Waals surface area (Å²) < 4.78 is 59.8. The molecule has 17 aromatic rings. The van der Waals surface area contributed by atoms with Gasteiger partial charge < -0.3 is 0 Å². The van der Waals surface area contributed by atoms with E-state index in [-0.39, 0.29) is 10.8 Å². The molecule has 5 radical (unpaired) electrons. The molecule has 17 rings (SSSR count). The number of nitrogens with zero attached hydrogens (tertiary/aromatic N) is 5. The van der Waals surface area contributed by atoms with Gasteiger partial charge in [-0.1, -0.05) is 0 Å². The number of pyridine rings is 5. The number of rotatable bonds is 20. The SMILES string of the molecule is Cc1cc(C)cc([O][Ga][O]c2cccc3ccc(C)nc23)c1.Cc1ccc2cccc([O][Ga][O]c3cc(C(C)(C)C)cc(C(C)(C)C)c3)c2n1.Cc1ccc2cccc([O][Ga][O]c3ccc4ccccc4c3)c2n1.Cc1ccc2cccc([O][Ga][O]c3cccc(C)c3C)c2n1.Cc1ccc2cccc([O][Ga][O]c3cccc4ccccc34)c2n1. The average Bonchev–Trinajstić information content (AvgIpc) is 0.786. The molecule has 5 heterocycles. The fourth-order valence-electron chi connectivity index (χ4n) is 13.1. The van der Waals surface area contributed by atoms with E-state index in [2.05, 4.69) is 203 Å². The summed E-state index contributed by atoms with van der Waals surface area (Å²) in [6, 6.07) is 98.0. The van der Waals surface area contributed by atoms with Gasteiger partial charge in [0, 0.05) is 0 Å². The van der Waals surface area contributed by atoms with Gasteiger partial charge in [0.25, 0.3) is 0 Å². The number of benzene rings is 12. The summed E-state index contributed by atoms with van der Waals surface area (Å²) in [6.45, 7) is 31.7. The minimum absolute atomic E-state index is 0.0702. The van der Waals surface area contributed by atoms with Crippen molar-refractivity contribution in [2.45, 2.75) is 115 Å². The second-order valence-corrected chi connectivity index (χ2v) is 38.3. The summed E-state index contributed by atoms with van der Waals surface area (Å²) in [6.07, 6.45) is 0. The van der Waals surface area contributed by atoms with Crippen molar-refractivity contribution >= 4 is 167 Å². The molecule has 120 heavy (non-hydrogen) atoms. The Morgan fingerprint density at radius 3 is 0.908 bits per heavy atom. The van der Waals surface area contributed by atoms with Crippen molar-refractivity contribution in [3.05, 3.63) is 353 Å². The molecule has 0 bridgehead atoms. The second-order valence-electron chi connectivity index (χ2n) is 31.3. The first-order valence-corrected chi connectivity index (χ1v) is 49.6. The maximum absolute atomic E-state index is 6.17. The predicted octanol–water partition coefficient (Wildman–Crippen LogP) is 23.8. The molecule has 0 spiro atoms. The van der Waals surface area contributed by atoms with E-state index >= 15 is 0 Å². The van der Waals surface area contributed by atoms with E-state index in [9.17, 15) is 0 Å². The second kappa shape index (κ2) is 41.1. The molecule has 0 amide bonds. The Balaban J connectivity index is 0.000000130. The topological polar surface area (TPSA) is 157 Å². The van der Waals surface area contributed by atoms with Gasteiger partial charge in [-0.15, -0.1) is 0 Å². The Morgan fingerprint density at radius 2 is 0.508 bits per heavy atom. The van der Waals surface area contributed by atoms with E-state index in [1.165, 1.54) is 49.5 Å². The normalized spacial score (nSPS) is 11.0. The quantitative estimate of drug-likeness (QED) is 0.0664. The molecule has 593 valence electrons. The molecule has 0 saturated carbocycles. The Bertz CT molecular complexity index is 6380. The predicted molar refractivity (Wildman–Crippen MR) is 491 cm³/mol. The maximum atomic E-state index is 6.17. The van der Waals surface area contributed by atoms with Crippen LogP contribution in [0.5, 0.6) is 57.5 Å². The van der Waals surface area contributed by atoms with Crippen LogP contribution in [0.15, 0.2) is 291 Å². The zero-order valence-electron chi connectivity index (χ0n) is 70.4. The number of para-hydroxylation sites is 5. The molecular formula is C100H93Ga5N5O10. The van der Waals surface area contributed by atoms with Gasteiger partial charge in [0.15, 0.2) is 0 Å². The molecule has 12 aromatic carbocycles. The van der Waals surface area contributed by atoms with Crippen LogP contribution in [0, 0.1) is 62.3 Å². The van der Waals surface area contributed by atoms with Crippen LogP contribution < -0.4 is 35.3 Å². The molecule has 15 nitrogen and oxygen atoms in total. The Hall–Kier alpha value is -10.6. The molecule has 0 N–H and O–H groups in total. The van der Waals surface area contributed by atoms with Crippen LogP contribution in [0.4, 0.5) is 0 Å². The molecule has 0 aliphatic rings. The molecule has 20 heteroatoms. The number of aryl methyl sites for hydroxylation is 8. The van der Waals surface area contributed by atoms with Crippen LogP contribution >= 0.6 is 0 Å². The van der Waals surface area contributed by atoms with Gasteiger partial charge in [0.2, 0.25) is 0 Å². The van der Waals surface area contributed by atoms with Gasteiger partial charge in [-0.3, -0.25) is 0 Å². The molecule has 0 fully saturated rings. The summed E-state index contributed by atoms with van der Waals surface area (Å²) in [4.78, 5) is 23.0. The third-order valence-electron chi connectivity index (χ3n) is 19.7. The third kappa shape index (κ3) is 23.9. The summed E-state index contributed by atoms with van der Waals surface area (Å²) in [5.41, 5.74) is 17.0. The fraction of sp³-hybridized carbons (Fsp3) is 0.170. The van der Waals surface area contributed by atoms with E-state index in [0.717, 1.165) is 146 Å². The van der Waals surface area contributed by atoms with Gasteiger partial charge in [0.1, 0.15) is 0 Å². The molecule has 5 aromatic heterocycles.